The van der Waals surface area contributed by atoms with Crippen LogP contribution in [-0.2, 0) is 9.53 Å². The second kappa shape index (κ2) is 5.01. The van der Waals surface area contributed by atoms with Gasteiger partial charge in [-0.25, -0.2) is 4.79 Å². The summed E-state index contributed by atoms with van der Waals surface area (Å²) in [7, 11) is 0. The topological polar surface area (TPSA) is 35.5 Å². The summed E-state index contributed by atoms with van der Waals surface area (Å²) in [6, 6.07) is 9.22. The number of carbonyl (C=O) groups is 1. The fourth-order valence-corrected chi connectivity index (χ4v) is 1.14. The van der Waals surface area contributed by atoms with Gasteiger partial charge in [0.1, 0.15) is 11.4 Å². The average molecular weight is 222 g/mol. The van der Waals surface area contributed by atoms with E-state index in [-0.39, 0.29) is 5.97 Å². The van der Waals surface area contributed by atoms with Crippen LogP contribution < -0.4 is 4.74 Å². The molecule has 1 unspecified atom stereocenters. The smallest absolute Gasteiger partial charge is 0.347 e. The number of esters is 1. The molecule has 0 bridgehead atoms. The Bertz CT molecular complexity index is 338. The quantitative estimate of drug-likeness (QED) is 0.738. The Morgan fingerprint density at radius 2 is 1.75 bits per heavy atom. The molecule has 0 aromatic heterocycles. The standard InChI is InChI=1S/C13H18O3/c1-10(12(14)16-13(2,3)4)15-11-8-6-5-7-9-11/h5-10H,1-4H3. The summed E-state index contributed by atoms with van der Waals surface area (Å²) in [5, 5.41) is 0. The van der Waals surface area contributed by atoms with Gasteiger partial charge in [-0.05, 0) is 39.8 Å². The minimum atomic E-state index is -0.596. The maximum absolute atomic E-state index is 11.6. The third-order valence-corrected chi connectivity index (χ3v) is 1.79. The first-order valence-electron chi connectivity index (χ1n) is 5.33. The van der Waals surface area contributed by atoms with E-state index in [4.69, 9.17) is 9.47 Å². The summed E-state index contributed by atoms with van der Waals surface area (Å²) in [5.74, 6) is 0.317. The summed E-state index contributed by atoms with van der Waals surface area (Å²) < 4.78 is 10.7. The average Bonchev–Trinajstić information content (AvgIpc) is 2.16. The number of hydrogen-bond donors (Lipinski definition) is 0. The zero-order valence-corrected chi connectivity index (χ0v) is 10.2. The van der Waals surface area contributed by atoms with Crippen LogP contribution in [0.15, 0.2) is 30.3 Å². The molecule has 0 radical (unpaired) electrons. The Balaban J connectivity index is 2.53. The fourth-order valence-electron chi connectivity index (χ4n) is 1.14. The molecule has 0 saturated carbocycles. The van der Waals surface area contributed by atoms with Crippen molar-refractivity contribution in [1.82, 2.24) is 0 Å². The van der Waals surface area contributed by atoms with Gasteiger partial charge in [-0.1, -0.05) is 18.2 Å². The highest BCUT2D eigenvalue weighted by atomic mass is 16.6. The maximum Gasteiger partial charge on any atom is 0.347 e. The first-order valence-corrected chi connectivity index (χ1v) is 5.33. The molecule has 0 aliphatic carbocycles. The van der Waals surface area contributed by atoms with Crippen LogP contribution in [0.5, 0.6) is 5.75 Å². The molecule has 0 saturated heterocycles. The molecule has 0 aliphatic rings. The van der Waals surface area contributed by atoms with Gasteiger partial charge in [0.05, 0.1) is 0 Å². The molecule has 0 amide bonds. The molecule has 0 heterocycles. The molecule has 1 aromatic rings. The Kier molecular flexibility index (Phi) is 3.93. The summed E-state index contributed by atoms with van der Waals surface area (Å²) in [6.07, 6.45) is -0.596. The van der Waals surface area contributed by atoms with Crippen LogP contribution in [0.2, 0.25) is 0 Å². The first-order chi connectivity index (χ1) is 7.38. The van der Waals surface area contributed by atoms with Crippen molar-refractivity contribution in [3.63, 3.8) is 0 Å². The summed E-state index contributed by atoms with van der Waals surface area (Å²) in [6.45, 7) is 7.18. The lowest BCUT2D eigenvalue weighted by Gasteiger charge is -2.22. The molecule has 0 aliphatic heterocycles. The predicted octanol–water partition coefficient (Wildman–Crippen LogP) is 2.80. The number of hydrogen-bond acceptors (Lipinski definition) is 3. The number of carbonyl (C=O) groups excluding carboxylic acids is 1. The SMILES string of the molecule is CC(Oc1ccccc1)C(=O)OC(C)(C)C. The summed E-state index contributed by atoms with van der Waals surface area (Å²) in [4.78, 5) is 11.6. The van der Waals surface area contributed by atoms with E-state index < -0.39 is 11.7 Å². The maximum atomic E-state index is 11.6. The zero-order valence-electron chi connectivity index (χ0n) is 10.2. The van der Waals surface area contributed by atoms with Gasteiger partial charge in [-0.2, -0.15) is 0 Å². The van der Waals surface area contributed by atoms with Crippen molar-refractivity contribution in [2.75, 3.05) is 0 Å². The van der Waals surface area contributed by atoms with Crippen molar-refractivity contribution >= 4 is 5.97 Å². The van der Waals surface area contributed by atoms with E-state index in [0.717, 1.165) is 0 Å². The van der Waals surface area contributed by atoms with Crippen molar-refractivity contribution in [3.8, 4) is 5.75 Å². The Morgan fingerprint density at radius 3 is 2.25 bits per heavy atom. The van der Waals surface area contributed by atoms with Crippen molar-refractivity contribution in [1.29, 1.82) is 0 Å². The molecule has 1 atom stereocenters. The highest BCUT2D eigenvalue weighted by Gasteiger charge is 2.22. The first kappa shape index (κ1) is 12.6. The van der Waals surface area contributed by atoms with Crippen LogP contribution in [0, 0.1) is 0 Å². The number of rotatable bonds is 3. The molecule has 0 spiro atoms. The van der Waals surface area contributed by atoms with E-state index in [2.05, 4.69) is 0 Å². The second-order valence-corrected chi connectivity index (χ2v) is 4.61. The van der Waals surface area contributed by atoms with Gasteiger partial charge in [0.15, 0.2) is 6.10 Å². The van der Waals surface area contributed by atoms with Crippen molar-refractivity contribution in [3.05, 3.63) is 30.3 Å². The zero-order chi connectivity index (χ0) is 12.2. The molecule has 1 aromatic carbocycles. The second-order valence-electron chi connectivity index (χ2n) is 4.61. The van der Waals surface area contributed by atoms with Crippen molar-refractivity contribution < 1.29 is 14.3 Å². The van der Waals surface area contributed by atoms with Gasteiger partial charge in [0.2, 0.25) is 0 Å². The van der Waals surface area contributed by atoms with E-state index in [1.807, 2.05) is 39.0 Å². The fraction of sp³-hybridized carbons (Fsp3) is 0.462. The minimum absolute atomic E-state index is 0.351. The molecule has 1 rings (SSSR count). The van der Waals surface area contributed by atoms with Crippen molar-refractivity contribution in [2.45, 2.75) is 39.4 Å². The van der Waals surface area contributed by atoms with Crippen LogP contribution >= 0.6 is 0 Å². The molecule has 0 N–H and O–H groups in total. The van der Waals surface area contributed by atoms with Crippen LogP contribution in [0.25, 0.3) is 0 Å². The lowest BCUT2D eigenvalue weighted by atomic mass is 10.2. The third-order valence-electron chi connectivity index (χ3n) is 1.79. The van der Waals surface area contributed by atoms with Crippen molar-refractivity contribution in [2.24, 2.45) is 0 Å². The largest absolute Gasteiger partial charge is 0.479 e. The van der Waals surface area contributed by atoms with Crippen LogP contribution in [0.3, 0.4) is 0 Å². The van der Waals surface area contributed by atoms with Gasteiger partial charge in [0.25, 0.3) is 0 Å². The van der Waals surface area contributed by atoms with Gasteiger partial charge in [-0.15, -0.1) is 0 Å². The summed E-state index contributed by atoms with van der Waals surface area (Å²) >= 11 is 0. The van der Waals surface area contributed by atoms with Crippen LogP contribution in [0.1, 0.15) is 27.7 Å². The Labute approximate surface area is 96.4 Å². The molecular weight excluding hydrogens is 204 g/mol. The predicted molar refractivity (Wildman–Crippen MR) is 62.4 cm³/mol. The Morgan fingerprint density at radius 1 is 1.19 bits per heavy atom. The number of para-hydroxylation sites is 1. The molecule has 3 nitrogen and oxygen atoms in total. The van der Waals surface area contributed by atoms with E-state index in [1.54, 1.807) is 19.1 Å². The van der Waals surface area contributed by atoms with Gasteiger partial charge < -0.3 is 9.47 Å². The third kappa shape index (κ3) is 4.34. The van der Waals surface area contributed by atoms with Gasteiger partial charge in [0, 0.05) is 0 Å². The molecule has 16 heavy (non-hydrogen) atoms. The molecule has 88 valence electrons. The van der Waals surface area contributed by atoms with E-state index in [1.165, 1.54) is 0 Å². The van der Waals surface area contributed by atoms with Crippen LogP contribution in [-0.4, -0.2) is 17.7 Å². The highest BCUT2D eigenvalue weighted by Crippen LogP contribution is 2.14. The molecule has 0 fully saturated rings. The Hall–Kier alpha value is -1.51. The summed E-state index contributed by atoms with van der Waals surface area (Å²) in [5.41, 5.74) is -0.481. The van der Waals surface area contributed by atoms with E-state index >= 15 is 0 Å². The van der Waals surface area contributed by atoms with E-state index in [9.17, 15) is 4.79 Å². The van der Waals surface area contributed by atoms with Crippen LogP contribution in [0.4, 0.5) is 0 Å². The van der Waals surface area contributed by atoms with E-state index in [0.29, 0.717) is 5.75 Å². The van der Waals surface area contributed by atoms with Gasteiger partial charge >= 0.3 is 5.97 Å². The normalized spacial score (nSPS) is 13.0. The molecule has 3 heteroatoms. The molecular formula is C13H18O3. The lowest BCUT2D eigenvalue weighted by molar-refractivity contribution is -0.162. The highest BCUT2D eigenvalue weighted by molar-refractivity contribution is 5.75. The lowest BCUT2D eigenvalue weighted by Crippen LogP contribution is -2.33. The minimum Gasteiger partial charge on any atom is -0.479 e. The number of benzene rings is 1. The van der Waals surface area contributed by atoms with Gasteiger partial charge in [-0.3, -0.25) is 0 Å². The monoisotopic (exact) mass is 222 g/mol. The number of ether oxygens (including phenoxy) is 2.